The monoisotopic (exact) mass is 421 g/mol. The van der Waals surface area contributed by atoms with Crippen LogP contribution >= 0.6 is 0 Å². The first-order valence-corrected chi connectivity index (χ1v) is 11.7. The molecule has 2 aliphatic rings. The second-order valence-electron chi connectivity index (χ2n) is 10.1. The number of ether oxygens (including phenoxy) is 1. The van der Waals surface area contributed by atoms with E-state index in [2.05, 4.69) is 97.2 Å². The van der Waals surface area contributed by atoms with Crippen molar-refractivity contribution in [1.29, 1.82) is 0 Å². The molecular formula is C27H39N3O. The molecule has 31 heavy (non-hydrogen) atoms. The molecule has 0 aromatic heterocycles. The van der Waals surface area contributed by atoms with E-state index in [1.54, 1.807) is 7.11 Å². The van der Waals surface area contributed by atoms with Gasteiger partial charge >= 0.3 is 0 Å². The molecule has 0 unspecified atom stereocenters. The van der Waals surface area contributed by atoms with Gasteiger partial charge in [-0.05, 0) is 76.9 Å². The van der Waals surface area contributed by atoms with E-state index in [9.17, 15) is 0 Å². The van der Waals surface area contributed by atoms with Crippen molar-refractivity contribution >= 4 is 0 Å². The number of hydrogen-bond acceptors (Lipinski definition) is 4. The Labute approximate surface area is 188 Å². The molecule has 0 radical (unpaired) electrons. The summed E-state index contributed by atoms with van der Waals surface area (Å²) in [6.07, 6.45) is 4.92. The van der Waals surface area contributed by atoms with Crippen molar-refractivity contribution in [2.24, 2.45) is 0 Å². The Hall–Kier alpha value is -1.88. The lowest BCUT2D eigenvalue weighted by molar-refractivity contribution is 0.00358. The molecule has 1 aliphatic heterocycles. The zero-order valence-electron chi connectivity index (χ0n) is 20.0. The Morgan fingerprint density at radius 2 is 1.58 bits per heavy atom. The summed E-state index contributed by atoms with van der Waals surface area (Å²) in [7, 11) is 6.25. The average Bonchev–Trinajstić information content (AvgIpc) is 3.13. The molecule has 4 heteroatoms. The SMILES string of the molecule is COc1ccc(CN2CN(C(C)C)C3(CCC(c4ccccc4)(N(C)C)CC3)C2)cc1. The zero-order chi connectivity index (χ0) is 22.1. The van der Waals surface area contributed by atoms with E-state index >= 15 is 0 Å². The minimum atomic E-state index is 0.151. The van der Waals surface area contributed by atoms with E-state index in [-0.39, 0.29) is 11.1 Å². The lowest BCUT2D eigenvalue weighted by atomic mass is 9.68. The van der Waals surface area contributed by atoms with Crippen LogP contribution in [0.4, 0.5) is 0 Å². The maximum absolute atomic E-state index is 5.33. The van der Waals surface area contributed by atoms with Gasteiger partial charge in [0.05, 0.1) is 13.8 Å². The second kappa shape index (κ2) is 8.93. The van der Waals surface area contributed by atoms with Crippen LogP contribution in [-0.4, -0.2) is 60.7 Å². The van der Waals surface area contributed by atoms with E-state index in [4.69, 9.17) is 4.74 Å². The minimum Gasteiger partial charge on any atom is -0.497 e. The molecule has 2 fully saturated rings. The number of methoxy groups -OCH3 is 1. The molecule has 1 spiro atoms. The summed E-state index contributed by atoms with van der Waals surface area (Å²) in [5.74, 6) is 0.929. The van der Waals surface area contributed by atoms with E-state index < -0.39 is 0 Å². The predicted molar refractivity (Wildman–Crippen MR) is 128 cm³/mol. The number of rotatable bonds is 6. The van der Waals surface area contributed by atoms with Crippen molar-refractivity contribution in [2.45, 2.75) is 63.2 Å². The van der Waals surface area contributed by atoms with Gasteiger partial charge in [0, 0.05) is 30.2 Å². The summed E-state index contributed by atoms with van der Waals surface area (Å²) in [6.45, 7) is 7.96. The standard InChI is InChI=1S/C27H39N3O/c1-22(2)30-21-29(19-23-11-13-25(31-5)14-12-23)20-26(30)15-17-27(18-16-26,28(3)4)24-9-7-6-8-10-24/h6-14,22H,15-21H2,1-5H3. The highest BCUT2D eigenvalue weighted by atomic mass is 16.5. The third kappa shape index (κ3) is 4.26. The largest absolute Gasteiger partial charge is 0.497 e. The van der Waals surface area contributed by atoms with Crippen molar-refractivity contribution < 1.29 is 4.74 Å². The Morgan fingerprint density at radius 1 is 0.935 bits per heavy atom. The van der Waals surface area contributed by atoms with Gasteiger partial charge in [0.25, 0.3) is 0 Å². The molecule has 2 aromatic carbocycles. The first kappa shape index (κ1) is 22.3. The third-order valence-corrected chi connectivity index (χ3v) is 7.84. The van der Waals surface area contributed by atoms with Gasteiger partial charge in [-0.25, -0.2) is 0 Å². The van der Waals surface area contributed by atoms with E-state index in [0.717, 1.165) is 25.5 Å². The fourth-order valence-corrected chi connectivity index (χ4v) is 6.05. The second-order valence-corrected chi connectivity index (χ2v) is 10.1. The van der Waals surface area contributed by atoms with Crippen LogP contribution in [0.1, 0.15) is 50.7 Å². The van der Waals surface area contributed by atoms with Crippen LogP contribution in [0.15, 0.2) is 54.6 Å². The van der Waals surface area contributed by atoms with E-state index in [1.165, 1.54) is 36.8 Å². The number of nitrogens with zero attached hydrogens (tertiary/aromatic N) is 3. The molecule has 4 nitrogen and oxygen atoms in total. The first-order chi connectivity index (χ1) is 14.9. The Kier molecular flexibility index (Phi) is 6.43. The summed E-state index contributed by atoms with van der Waals surface area (Å²) in [4.78, 5) is 7.90. The van der Waals surface area contributed by atoms with Crippen LogP contribution in [-0.2, 0) is 12.1 Å². The van der Waals surface area contributed by atoms with Gasteiger partial charge in [0.15, 0.2) is 0 Å². The molecule has 1 saturated carbocycles. The predicted octanol–water partition coefficient (Wildman–Crippen LogP) is 4.95. The van der Waals surface area contributed by atoms with Crippen molar-refractivity contribution in [3.63, 3.8) is 0 Å². The maximum atomic E-state index is 5.33. The highest BCUT2D eigenvalue weighted by molar-refractivity contribution is 5.28. The van der Waals surface area contributed by atoms with Crippen molar-refractivity contribution in [1.82, 2.24) is 14.7 Å². The summed E-state index contributed by atoms with van der Waals surface area (Å²) in [5.41, 5.74) is 3.27. The lowest BCUT2D eigenvalue weighted by Crippen LogP contribution is -2.56. The highest BCUT2D eigenvalue weighted by Crippen LogP contribution is 2.49. The fraction of sp³-hybridized carbons (Fsp3) is 0.556. The average molecular weight is 422 g/mol. The summed E-state index contributed by atoms with van der Waals surface area (Å²) < 4.78 is 5.33. The smallest absolute Gasteiger partial charge is 0.118 e. The van der Waals surface area contributed by atoms with Crippen LogP contribution in [0.2, 0.25) is 0 Å². The van der Waals surface area contributed by atoms with Crippen LogP contribution in [0, 0.1) is 0 Å². The number of benzene rings is 2. The first-order valence-electron chi connectivity index (χ1n) is 11.7. The molecule has 0 bridgehead atoms. The van der Waals surface area contributed by atoms with Crippen molar-refractivity contribution in [3.8, 4) is 5.75 Å². The molecule has 4 rings (SSSR count). The summed E-state index contributed by atoms with van der Waals surface area (Å²) in [5, 5.41) is 0. The highest BCUT2D eigenvalue weighted by Gasteiger charge is 2.51. The van der Waals surface area contributed by atoms with Crippen LogP contribution in [0.5, 0.6) is 5.75 Å². The van der Waals surface area contributed by atoms with Gasteiger partial charge in [-0.15, -0.1) is 0 Å². The molecular weight excluding hydrogens is 382 g/mol. The maximum Gasteiger partial charge on any atom is 0.118 e. The van der Waals surface area contributed by atoms with Crippen LogP contribution < -0.4 is 4.74 Å². The topological polar surface area (TPSA) is 19.0 Å². The van der Waals surface area contributed by atoms with Gasteiger partial charge < -0.3 is 4.74 Å². The quantitative estimate of drug-likeness (QED) is 0.657. The molecule has 1 aliphatic carbocycles. The molecule has 0 N–H and O–H groups in total. The summed E-state index contributed by atoms with van der Waals surface area (Å²) in [6, 6.07) is 20.3. The van der Waals surface area contributed by atoms with Gasteiger partial charge in [-0.2, -0.15) is 0 Å². The number of hydrogen-bond donors (Lipinski definition) is 0. The minimum absolute atomic E-state index is 0.151. The Bertz CT molecular complexity index is 839. The molecule has 0 amide bonds. The van der Waals surface area contributed by atoms with Gasteiger partial charge in [-0.3, -0.25) is 14.7 Å². The molecule has 0 atom stereocenters. The molecule has 168 valence electrons. The lowest BCUT2D eigenvalue weighted by Gasteiger charge is -2.52. The Balaban J connectivity index is 1.52. The molecule has 2 aromatic rings. The van der Waals surface area contributed by atoms with Gasteiger partial charge in [0.2, 0.25) is 0 Å². The third-order valence-electron chi connectivity index (χ3n) is 7.84. The van der Waals surface area contributed by atoms with Crippen LogP contribution in [0.25, 0.3) is 0 Å². The van der Waals surface area contributed by atoms with E-state index in [0.29, 0.717) is 6.04 Å². The molecule has 1 heterocycles. The molecule has 1 saturated heterocycles. The van der Waals surface area contributed by atoms with Crippen LogP contribution in [0.3, 0.4) is 0 Å². The van der Waals surface area contributed by atoms with E-state index in [1.807, 2.05) is 0 Å². The fourth-order valence-electron chi connectivity index (χ4n) is 6.05. The Morgan fingerprint density at radius 3 is 2.13 bits per heavy atom. The zero-order valence-corrected chi connectivity index (χ0v) is 20.0. The van der Waals surface area contributed by atoms with Crippen molar-refractivity contribution in [2.75, 3.05) is 34.4 Å². The normalized spacial score (nSPS) is 27.5. The summed E-state index contributed by atoms with van der Waals surface area (Å²) >= 11 is 0. The van der Waals surface area contributed by atoms with Gasteiger partial charge in [-0.1, -0.05) is 42.5 Å². The van der Waals surface area contributed by atoms with Crippen molar-refractivity contribution in [3.05, 3.63) is 65.7 Å². The van der Waals surface area contributed by atoms with Gasteiger partial charge in [0.1, 0.15) is 5.75 Å².